The summed E-state index contributed by atoms with van der Waals surface area (Å²) in [7, 11) is 5.56. The Labute approximate surface area is 127 Å². The first-order chi connectivity index (χ1) is 10.1. The van der Waals surface area contributed by atoms with Gasteiger partial charge in [0.25, 0.3) is 5.56 Å². The van der Waals surface area contributed by atoms with Gasteiger partial charge in [0.05, 0.1) is 18.5 Å². The molecule has 0 radical (unpaired) electrons. The van der Waals surface area contributed by atoms with Gasteiger partial charge in [-0.3, -0.25) is 4.79 Å². The quantitative estimate of drug-likeness (QED) is 0.655. The third-order valence-electron chi connectivity index (χ3n) is 3.68. The second-order valence-corrected chi connectivity index (χ2v) is 5.38. The van der Waals surface area contributed by atoms with Crippen LogP contribution in [0.15, 0.2) is 17.1 Å². The molecule has 6 heteroatoms. The molecule has 21 heavy (non-hydrogen) atoms. The molecule has 1 aromatic rings. The number of nitrogens with zero attached hydrogens (tertiary/aromatic N) is 3. The molecule has 1 aromatic heterocycles. The van der Waals surface area contributed by atoms with Crippen LogP contribution in [0.5, 0.6) is 0 Å². The van der Waals surface area contributed by atoms with Crippen molar-refractivity contribution in [3.05, 3.63) is 22.6 Å². The minimum absolute atomic E-state index is 0.0431. The lowest BCUT2D eigenvalue weighted by molar-refractivity contribution is 0.206. The van der Waals surface area contributed by atoms with E-state index in [0.29, 0.717) is 19.2 Å². The van der Waals surface area contributed by atoms with Crippen LogP contribution < -0.4 is 15.8 Å². The first-order valence-corrected chi connectivity index (χ1v) is 7.53. The van der Waals surface area contributed by atoms with Crippen molar-refractivity contribution < 1.29 is 4.74 Å². The van der Waals surface area contributed by atoms with Crippen LogP contribution in [-0.2, 0) is 11.3 Å². The van der Waals surface area contributed by atoms with Crippen LogP contribution in [-0.4, -0.2) is 50.2 Å². The molecule has 0 saturated heterocycles. The van der Waals surface area contributed by atoms with Crippen LogP contribution in [0.2, 0.25) is 0 Å². The molecule has 0 spiro atoms. The molecule has 1 unspecified atom stereocenters. The van der Waals surface area contributed by atoms with Crippen LogP contribution in [0.3, 0.4) is 0 Å². The fraction of sp³-hybridized carbons (Fsp3) is 0.733. The molecule has 0 aromatic carbocycles. The molecular formula is C15H28N4O2. The monoisotopic (exact) mass is 296 g/mol. The Kier molecular flexibility index (Phi) is 8.00. The highest BCUT2D eigenvalue weighted by molar-refractivity contribution is 5.41. The van der Waals surface area contributed by atoms with E-state index < -0.39 is 0 Å². The smallest absolute Gasteiger partial charge is 0.268 e. The minimum atomic E-state index is -0.0431. The number of hydrogen-bond acceptors (Lipinski definition) is 5. The Morgan fingerprint density at radius 2 is 2.24 bits per heavy atom. The van der Waals surface area contributed by atoms with E-state index in [-0.39, 0.29) is 5.56 Å². The summed E-state index contributed by atoms with van der Waals surface area (Å²) in [6, 6.07) is 2.16. The maximum Gasteiger partial charge on any atom is 0.268 e. The van der Waals surface area contributed by atoms with Gasteiger partial charge in [-0.25, -0.2) is 4.68 Å². The lowest BCUT2D eigenvalue weighted by atomic mass is 10.1. The van der Waals surface area contributed by atoms with Crippen molar-refractivity contribution in [2.45, 2.75) is 38.8 Å². The van der Waals surface area contributed by atoms with E-state index in [1.165, 1.54) is 4.68 Å². The number of methoxy groups -OCH3 is 1. The maximum atomic E-state index is 12.0. The zero-order valence-electron chi connectivity index (χ0n) is 13.6. The van der Waals surface area contributed by atoms with E-state index in [2.05, 4.69) is 17.3 Å². The molecule has 1 N–H and O–H groups in total. The summed E-state index contributed by atoms with van der Waals surface area (Å²) >= 11 is 0. The fourth-order valence-electron chi connectivity index (χ4n) is 2.01. The van der Waals surface area contributed by atoms with E-state index in [0.717, 1.165) is 31.5 Å². The van der Waals surface area contributed by atoms with Crippen LogP contribution >= 0.6 is 0 Å². The molecule has 0 aliphatic carbocycles. The van der Waals surface area contributed by atoms with Crippen LogP contribution in [0, 0.1) is 0 Å². The maximum absolute atomic E-state index is 12.0. The number of likely N-dealkylation sites (N-methyl/N-ethyl adjacent to an activating group) is 1. The van der Waals surface area contributed by atoms with Gasteiger partial charge in [-0.2, -0.15) is 5.10 Å². The summed E-state index contributed by atoms with van der Waals surface area (Å²) in [6.07, 6.45) is 4.92. The summed E-state index contributed by atoms with van der Waals surface area (Å²) in [5.74, 6) is 0. The molecule has 0 amide bonds. The van der Waals surface area contributed by atoms with Gasteiger partial charge in [-0.05, 0) is 26.8 Å². The average Bonchev–Trinajstić information content (AvgIpc) is 2.49. The number of nitrogens with one attached hydrogen (secondary N) is 1. The van der Waals surface area contributed by atoms with E-state index in [1.807, 2.05) is 19.0 Å². The molecule has 0 aliphatic heterocycles. The van der Waals surface area contributed by atoms with Gasteiger partial charge in [-0.15, -0.1) is 0 Å². The largest absolute Gasteiger partial charge is 0.383 e. The molecule has 120 valence electrons. The van der Waals surface area contributed by atoms with Crippen molar-refractivity contribution in [1.29, 1.82) is 0 Å². The predicted octanol–water partition coefficient (Wildman–Crippen LogP) is 1.10. The second kappa shape index (κ2) is 9.52. The van der Waals surface area contributed by atoms with Crippen LogP contribution in [0.4, 0.5) is 5.69 Å². The molecule has 1 atom stereocenters. The number of aromatic nitrogens is 2. The van der Waals surface area contributed by atoms with E-state index in [9.17, 15) is 4.79 Å². The Balaban J connectivity index is 2.48. The SMILES string of the molecule is CNC(C)CCCCn1ncc(N(C)CCOC)cc1=O. The lowest BCUT2D eigenvalue weighted by Crippen LogP contribution is -2.27. The van der Waals surface area contributed by atoms with Gasteiger partial charge >= 0.3 is 0 Å². The number of ether oxygens (including phenoxy) is 1. The number of aryl methyl sites for hydroxylation is 1. The Morgan fingerprint density at radius 1 is 1.48 bits per heavy atom. The van der Waals surface area contributed by atoms with E-state index >= 15 is 0 Å². The molecule has 1 heterocycles. The highest BCUT2D eigenvalue weighted by Gasteiger charge is 2.05. The van der Waals surface area contributed by atoms with Gasteiger partial charge in [0, 0.05) is 39.4 Å². The molecule has 0 saturated carbocycles. The summed E-state index contributed by atoms with van der Waals surface area (Å²) in [5.41, 5.74) is 0.788. The molecule has 1 rings (SSSR count). The third kappa shape index (κ3) is 6.27. The highest BCUT2D eigenvalue weighted by atomic mass is 16.5. The lowest BCUT2D eigenvalue weighted by Gasteiger charge is -2.18. The Bertz CT molecular complexity index is 461. The number of rotatable bonds is 10. The zero-order chi connectivity index (χ0) is 15.7. The predicted molar refractivity (Wildman–Crippen MR) is 86.0 cm³/mol. The van der Waals surface area contributed by atoms with Crippen molar-refractivity contribution in [3.8, 4) is 0 Å². The minimum Gasteiger partial charge on any atom is -0.383 e. The number of unbranched alkanes of at least 4 members (excludes halogenated alkanes) is 1. The standard InChI is InChI=1S/C15H28N4O2/c1-13(16-2)7-5-6-8-19-15(20)11-14(12-17-19)18(3)9-10-21-4/h11-13,16H,5-10H2,1-4H3. The van der Waals surface area contributed by atoms with Gasteiger partial charge in [0.15, 0.2) is 0 Å². The van der Waals surface area contributed by atoms with Crippen molar-refractivity contribution in [1.82, 2.24) is 15.1 Å². The first-order valence-electron chi connectivity index (χ1n) is 7.53. The third-order valence-corrected chi connectivity index (χ3v) is 3.68. The van der Waals surface area contributed by atoms with Crippen LogP contribution in [0.25, 0.3) is 0 Å². The molecular weight excluding hydrogens is 268 g/mol. The average molecular weight is 296 g/mol. The van der Waals surface area contributed by atoms with Crippen molar-refractivity contribution in [3.63, 3.8) is 0 Å². The second-order valence-electron chi connectivity index (χ2n) is 5.38. The molecule has 0 bridgehead atoms. The summed E-state index contributed by atoms with van der Waals surface area (Å²) in [5, 5.41) is 7.46. The van der Waals surface area contributed by atoms with Crippen molar-refractivity contribution in [2.24, 2.45) is 0 Å². The fourth-order valence-corrected chi connectivity index (χ4v) is 2.01. The summed E-state index contributed by atoms with van der Waals surface area (Å²) in [6.45, 7) is 4.21. The van der Waals surface area contributed by atoms with Gasteiger partial charge in [0.1, 0.15) is 0 Å². The first kappa shape index (κ1) is 17.7. The van der Waals surface area contributed by atoms with E-state index in [1.54, 1.807) is 19.4 Å². The topological polar surface area (TPSA) is 59.4 Å². The molecule has 0 fully saturated rings. The van der Waals surface area contributed by atoms with Gasteiger partial charge in [0.2, 0.25) is 0 Å². The summed E-state index contributed by atoms with van der Waals surface area (Å²) in [4.78, 5) is 14.0. The van der Waals surface area contributed by atoms with Crippen LogP contribution in [0.1, 0.15) is 26.2 Å². The van der Waals surface area contributed by atoms with E-state index in [4.69, 9.17) is 4.74 Å². The normalized spacial score (nSPS) is 12.4. The number of hydrogen-bond donors (Lipinski definition) is 1. The Morgan fingerprint density at radius 3 is 2.86 bits per heavy atom. The molecule has 6 nitrogen and oxygen atoms in total. The van der Waals surface area contributed by atoms with Crippen molar-refractivity contribution in [2.75, 3.05) is 39.3 Å². The summed E-state index contributed by atoms with van der Waals surface area (Å²) < 4.78 is 6.57. The number of anilines is 1. The zero-order valence-corrected chi connectivity index (χ0v) is 13.6. The molecule has 0 aliphatic rings. The van der Waals surface area contributed by atoms with Gasteiger partial charge < -0.3 is 15.0 Å². The Hall–Kier alpha value is -1.40. The van der Waals surface area contributed by atoms with Crippen molar-refractivity contribution >= 4 is 5.69 Å². The van der Waals surface area contributed by atoms with Gasteiger partial charge in [-0.1, -0.05) is 6.42 Å². The highest BCUT2D eigenvalue weighted by Crippen LogP contribution is 2.07.